The van der Waals surface area contributed by atoms with Gasteiger partial charge in [-0.05, 0) is 20.8 Å². The second-order valence-electron chi connectivity index (χ2n) is 2.85. The molecule has 0 aliphatic rings. The molecule has 0 fully saturated rings. The van der Waals surface area contributed by atoms with Crippen LogP contribution in [-0.4, -0.2) is 17.2 Å². The van der Waals surface area contributed by atoms with E-state index in [1.165, 1.54) is 20.8 Å². The molecule has 0 aromatic rings. The zero-order valence-corrected chi connectivity index (χ0v) is 6.49. The van der Waals surface area contributed by atoms with Crippen LogP contribution in [0.2, 0.25) is 0 Å². The van der Waals surface area contributed by atoms with Crippen LogP contribution in [-0.2, 0) is 4.79 Å². The van der Waals surface area contributed by atoms with Crippen molar-refractivity contribution < 1.29 is 9.18 Å². The van der Waals surface area contributed by atoms with E-state index in [2.05, 4.69) is 0 Å². The van der Waals surface area contributed by atoms with E-state index < -0.39 is 11.5 Å². The zero-order valence-electron chi connectivity index (χ0n) is 6.49. The Bertz CT molecular complexity index is 157. The molecular weight excluding hydrogens is 133 g/mol. The Labute approximate surface area is 59.9 Å². The van der Waals surface area contributed by atoms with Crippen LogP contribution < -0.4 is 0 Å². The van der Waals surface area contributed by atoms with Crippen molar-refractivity contribution in [3.05, 3.63) is 0 Å². The van der Waals surface area contributed by atoms with Crippen LogP contribution in [0.1, 0.15) is 27.2 Å². The van der Waals surface area contributed by atoms with E-state index in [4.69, 9.17) is 5.41 Å². The van der Waals surface area contributed by atoms with Gasteiger partial charge in [0.15, 0.2) is 11.5 Å². The summed E-state index contributed by atoms with van der Waals surface area (Å²) in [6, 6.07) is 0. The smallest absolute Gasteiger partial charge is 0.174 e. The maximum atomic E-state index is 12.7. The van der Waals surface area contributed by atoms with Gasteiger partial charge in [-0.2, -0.15) is 0 Å². The van der Waals surface area contributed by atoms with Crippen LogP contribution in [0, 0.1) is 5.41 Å². The van der Waals surface area contributed by atoms with E-state index >= 15 is 0 Å². The van der Waals surface area contributed by atoms with E-state index in [9.17, 15) is 9.18 Å². The molecule has 0 aliphatic heterocycles. The number of nitrogens with one attached hydrogen (secondary N) is 1. The van der Waals surface area contributed by atoms with Crippen LogP contribution in [0.25, 0.3) is 0 Å². The van der Waals surface area contributed by atoms with Crippen molar-refractivity contribution in [3.8, 4) is 0 Å². The van der Waals surface area contributed by atoms with Crippen molar-refractivity contribution in [2.75, 3.05) is 0 Å². The van der Waals surface area contributed by atoms with Crippen molar-refractivity contribution in [2.24, 2.45) is 0 Å². The minimum absolute atomic E-state index is 0.0799. The largest absolute Gasteiger partial charge is 0.310 e. The van der Waals surface area contributed by atoms with Gasteiger partial charge in [-0.1, -0.05) is 0 Å². The number of alkyl halides is 1. The lowest BCUT2D eigenvalue weighted by molar-refractivity contribution is -0.127. The highest BCUT2D eigenvalue weighted by Gasteiger charge is 2.25. The maximum absolute atomic E-state index is 12.7. The number of ketones is 1. The molecule has 0 amide bonds. The molecule has 0 saturated carbocycles. The molecule has 2 nitrogen and oxygen atoms in total. The van der Waals surface area contributed by atoms with Gasteiger partial charge in [0.2, 0.25) is 0 Å². The fraction of sp³-hybridized carbons (Fsp3) is 0.714. The number of Topliss-reactive ketones (excluding diaryl/α,β-unsaturated/α-hetero) is 1. The van der Waals surface area contributed by atoms with Crippen LogP contribution >= 0.6 is 0 Å². The maximum Gasteiger partial charge on any atom is 0.174 e. The summed E-state index contributed by atoms with van der Waals surface area (Å²) in [7, 11) is 0. The van der Waals surface area contributed by atoms with Crippen LogP contribution in [0.3, 0.4) is 0 Å². The molecule has 0 aliphatic carbocycles. The van der Waals surface area contributed by atoms with E-state index in [0.717, 1.165) is 0 Å². The Balaban J connectivity index is 3.99. The summed E-state index contributed by atoms with van der Waals surface area (Å²) < 4.78 is 12.7. The van der Waals surface area contributed by atoms with E-state index in [-0.39, 0.29) is 12.1 Å². The monoisotopic (exact) mass is 145 g/mol. The number of carbonyl (C=O) groups excluding carboxylic acids is 1. The number of rotatable bonds is 3. The molecule has 1 N–H and O–H groups in total. The van der Waals surface area contributed by atoms with Crippen LogP contribution in [0.5, 0.6) is 0 Å². The summed E-state index contributed by atoms with van der Waals surface area (Å²) in [6.45, 7) is 3.90. The lowest BCUT2D eigenvalue weighted by atomic mass is 10.0. The molecule has 58 valence electrons. The Morgan fingerprint density at radius 1 is 1.60 bits per heavy atom. The molecule has 0 bridgehead atoms. The Kier molecular flexibility index (Phi) is 2.69. The zero-order chi connectivity index (χ0) is 8.36. The SMILES string of the molecule is CC(=N)CC(=O)C(C)(C)F. The topological polar surface area (TPSA) is 40.9 Å². The van der Waals surface area contributed by atoms with Crippen molar-refractivity contribution in [1.29, 1.82) is 5.41 Å². The number of halogens is 1. The lowest BCUT2D eigenvalue weighted by Crippen LogP contribution is -2.27. The van der Waals surface area contributed by atoms with Gasteiger partial charge in [0.1, 0.15) is 0 Å². The molecule has 3 heteroatoms. The van der Waals surface area contributed by atoms with Crippen molar-refractivity contribution in [1.82, 2.24) is 0 Å². The van der Waals surface area contributed by atoms with E-state index in [0.29, 0.717) is 0 Å². The highest BCUT2D eigenvalue weighted by Crippen LogP contribution is 2.11. The van der Waals surface area contributed by atoms with Gasteiger partial charge >= 0.3 is 0 Å². The Morgan fingerprint density at radius 3 is 2.10 bits per heavy atom. The Morgan fingerprint density at radius 2 is 2.00 bits per heavy atom. The average molecular weight is 145 g/mol. The molecule has 0 atom stereocenters. The third kappa shape index (κ3) is 3.33. The molecule has 10 heavy (non-hydrogen) atoms. The second-order valence-corrected chi connectivity index (χ2v) is 2.85. The number of hydrogen-bond donors (Lipinski definition) is 1. The first-order chi connectivity index (χ1) is 4.34. The van der Waals surface area contributed by atoms with Crippen molar-refractivity contribution in [2.45, 2.75) is 32.9 Å². The molecule has 0 spiro atoms. The lowest BCUT2D eigenvalue weighted by Gasteiger charge is -2.10. The van der Waals surface area contributed by atoms with Gasteiger partial charge in [0.25, 0.3) is 0 Å². The first-order valence-electron chi connectivity index (χ1n) is 3.10. The van der Waals surface area contributed by atoms with Gasteiger partial charge in [-0.25, -0.2) is 4.39 Å². The van der Waals surface area contributed by atoms with Gasteiger partial charge in [-0.15, -0.1) is 0 Å². The summed E-state index contributed by atoms with van der Waals surface area (Å²) in [4.78, 5) is 10.8. The quantitative estimate of drug-likeness (QED) is 0.604. The van der Waals surface area contributed by atoms with E-state index in [1.807, 2.05) is 0 Å². The highest BCUT2D eigenvalue weighted by molar-refractivity contribution is 6.02. The molecule has 0 unspecified atom stereocenters. The summed E-state index contributed by atoms with van der Waals surface area (Å²) in [5.74, 6) is -0.528. The van der Waals surface area contributed by atoms with Gasteiger partial charge in [0, 0.05) is 12.1 Å². The molecular formula is C7H12FNO. The third-order valence-electron chi connectivity index (χ3n) is 1.09. The second kappa shape index (κ2) is 2.90. The summed E-state index contributed by atoms with van der Waals surface area (Å²) >= 11 is 0. The summed E-state index contributed by atoms with van der Waals surface area (Å²) in [5, 5.41) is 6.92. The number of hydrogen-bond acceptors (Lipinski definition) is 2. The summed E-state index contributed by atoms with van der Waals surface area (Å²) in [6.07, 6.45) is -0.0799. The van der Waals surface area contributed by atoms with Crippen molar-refractivity contribution >= 4 is 11.5 Å². The van der Waals surface area contributed by atoms with Crippen molar-refractivity contribution in [3.63, 3.8) is 0 Å². The predicted octanol–water partition coefficient (Wildman–Crippen LogP) is 1.73. The fourth-order valence-corrected chi connectivity index (χ4v) is 0.451. The minimum Gasteiger partial charge on any atom is -0.310 e. The first-order valence-corrected chi connectivity index (χ1v) is 3.10. The van der Waals surface area contributed by atoms with Gasteiger partial charge in [-0.3, -0.25) is 4.79 Å². The highest BCUT2D eigenvalue weighted by atomic mass is 19.1. The average Bonchev–Trinajstić information content (AvgIpc) is 1.60. The minimum atomic E-state index is -1.79. The third-order valence-corrected chi connectivity index (χ3v) is 1.09. The molecule has 0 aromatic carbocycles. The summed E-state index contributed by atoms with van der Waals surface area (Å²) in [5.41, 5.74) is -1.58. The predicted molar refractivity (Wildman–Crippen MR) is 38.2 cm³/mol. The number of carbonyl (C=O) groups is 1. The van der Waals surface area contributed by atoms with Crippen LogP contribution in [0.15, 0.2) is 0 Å². The Hall–Kier alpha value is -0.730. The molecule has 0 rings (SSSR count). The first kappa shape index (κ1) is 9.27. The van der Waals surface area contributed by atoms with Crippen LogP contribution in [0.4, 0.5) is 4.39 Å². The van der Waals surface area contributed by atoms with Gasteiger partial charge < -0.3 is 5.41 Å². The standard InChI is InChI=1S/C7H12FNO/c1-5(9)4-6(10)7(2,3)8/h9H,4H2,1-3H3. The molecule has 0 saturated heterocycles. The molecule has 0 aromatic heterocycles. The molecule has 0 heterocycles. The van der Waals surface area contributed by atoms with Gasteiger partial charge in [0.05, 0.1) is 0 Å². The normalized spacial score (nSPS) is 11.2. The fourth-order valence-electron chi connectivity index (χ4n) is 0.451. The molecule has 0 radical (unpaired) electrons. The van der Waals surface area contributed by atoms with E-state index in [1.54, 1.807) is 0 Å².